The van der Waals surface area contributed by atoms with E-state index < -0.39 is 0 Å². The van der Waals surface area contributed by atoms with Crippen LogP contribution >= 0.6 is 0 Å². The van der Waals surface area contributed by atoms with Gasteiger partial charge in [-0.3, -0.25) is 4.79 Å². The lowest BCUT2D eigenvalue weighted by Crippen LogP contribution is -2.41. The lowest BCUT2D eigenvalue weighted by molar-refractivity contribution is 0.0920. The van der Waals surface area contributed by atoms with Crippen molar-refractivity contribution in [1.82, 2.24) is 5.32 Å². The van der Waals surface area contributed by atoms with E-state index in [0.717, 1.165) is 17.7 Å². The monoisotopic (exact) mass is 388 g/mol. The highest BCUT2D eigenvalue weighted by Crippen LogP contribution is 2.50. The molecule has 2 aromatic rings. The molecule has 2 N–H and O–H groups in total. The van der Waals surface area contributed by atoms with E-state index >= 15 is 0 Å². The van der Waals surface area contributed by atoms with Gasteiger partial charge in [0.25, 0.3) is 5.91 Å². The zero-order chi connectivity index (χ0) is 20.8. The first-order chi connectivity index (χ1) is 13.7. The summed E-state index contributed by atoms with van der Waals surface area (Å²) < 4.78 is 0. The highest BCUT2D eigenvalue weighted by Gasteiger charge is 2.39. The van der Waals surface area contributed by atoms with Crippen molar-refractivity contribution in [1.29, 1.82) is 0 Å². The number of hydrogen-bond donors (Lipinski definition) is 2. The number of carbonyl (C=O) groups excluding carboxylic acids is 1. The molecular weight excluding hydrogens is 356 g/mol. The van der Waals surface area contributed by atoms with E-state index in [2.05, 4.69) is 67.0 Å². The average molecular weight is 389 g/mol. The Morgan fingerprint density at radius 2 is 1.83 bits per heavy atom. The zero-order valence-corrected chi connectivity index (χ0v) is 18.1. The lowest BCUT2D eigenvalue weighted by atomic mass is 9.76. The van der Waals surface area contributed by atoms with Gasteiger partial charge in [0.15, 0.2) is 0 Å². The molecule has 1 aliphatic heterocycles. The summed E-state index contributed by atoms with van der Waals surface area (Å²) in [6, 6.07) is 15.3. The van der Waals surface area contributed by atoms with Crippen LogP contribution in [0, 0.1) is 5.92 Å². The van der Waals surface area contributed by atoms with E-state index in [4.69, 9.17) is 0 Å². The van der Waals surface area contributed by atoms with Crippen molar-refractivity contribution in [3.63, 3.8) is 0 Å². The van der Waals surface area contributed by atoms with Gasteiger partial charge in [-0.1, -0.05) is 62.4 Å². The van der Waals surface area contributed by atoms with Crippen LogP contribution in [-0.2, 0) is 0 Å². The summed E-state index contributed by atoms with van der Waals surface area (Å²) in [6.07, 6.45) is 5.68. The molecule has 0 fully saturated rings. The molecule has 3 heteroatoms. The molecule has 1 aliphatic carbocycles. The number of allylic oxidation sites excluding steroid dienone is 2. The second-order valence-electron chi connectivity index (χ2n) is 9.77. The predicted molar refractivity (Wildman–Crippen MR) is 121 cm³/mol. The molecule has 0 bridgehead atoms. The van der Waals surface area contributed by atoms with Gasteiger partial charge in [0.1, 0.15) is 0 Å². The highest BCUT2D eigenvalue weighted by molar-refractivity contribution is 6.01. The number of anilines is 1. The van der Waals surface area contributed by atoms with Crippen LogP contribution in [0.1, 0.15) is 86.0 Å². The Hall–Kier alpha value is -2.55. The van der Waals surface area contributed by atoms with Gasteiger partial charge in [-0.25, -0.2) is 0 Å². The van der Waals surface area contributed by atoms with E-state index in [0.29, 0.717) is 17.8 Å². The molecule has 4 rings (SSSR count). The fourth-order valence-corrected chi connectivity index (χ4v) is 4.64. The molecule has 1 heterocycles. The zero-order valence-electron chi connectivity index (χ0n) is 18.1. The number of amides is 1. The Morgan fingerprint density at radius 3 is 2.48 bits per heavy atom. The maximum Gasteiger partial charge on any atom is 0.253 e. The van der Waals surface area contributed by atoms with Crippen molar-refractivity contribution in [3.8, 4) is 0 Å². The third-order valence-electron chi connectivity index (χ3n) is 6.09. The van der Waals surface area contributed by atoms with E-state index in [-0.39, 0.29) is 17.5 Å². The van der Waals surface area contributed by atoms with Crippen LogP contribution in [0.15, 0.2) is 54.6 Å². The predicted octanol–water partition coefficient (Wildman–Crippen LogP) is 6.16. The third-order valence-corrected chi connectivity index (χ3v) is 6.09. The van der Waals surface area contributed by atoms with E-state index in [1.807, 2.05) is 32.9 Å². The molecule has 2 aromatic carbocycles. The molecule has 29 heavy (non-hydrogen) atoms. The minimum atomic E-state index is -0.268. The van der Waals surface area contributed by atoms with Gasteiger partial charge in [-0.05, 0) is 61.8 Å². The molecule has 0 aromatic heterocycles. The fourth-order valence-electron chi connectivity index (χ4n) is 4.64. The topological polar surface area (TPSA) is 41.1 Å². The summed E-state index contributed by atoms with van der Waals surface area (Å²) in [4.78, 5) is 13.0. The van der Waals surface area contributed by atoms with Crippen molar-refractivity contribution in [3.05, 3.63) is 76.9 Å². The largest absolute Gasteiger partial charge is 0.377 e. The number of benzene rings is 2. The third kappa shape index (κ3) is 3.83. The van der Waals surface area contributed by atoms with Crippen LogP contribution in [-0.4, -0.2) is 11.4 Å². The Bertz CT molecular complexity index is 934. The van der Waals surface area contributed by atoms with E-state index in [9.17, 15) is 4.79 Å². The first kappa shape index (κ1) is 19.8. The number of fused-ring (bicyclic) bond motifs is 3. The van der Waals surface area contributed by atoms with Gasteiger partial charge in [0, 0.05) is 11.5 Å². The van der Waals surface area contributed by atoms with Crippen LogP contribution in [0.3, 0.4) is 0 Å². The summed E-state index contributed by atoms with van der Waals surface area (Å²) in [7, 11) is 0. The Kier molecular flexibility index (Phi) is 5.02. The fraction of sp³-hybridized carbons (Fsp3) is 0.423. The Labute approximate surface area is 174 Å². The van der Waals surface area contributed by atoms with Gasteiger partial charge in [0.05, 0.1) is 17.3 Å². The van der Waals surface area contributed by atoms with Crippen molar-refractivity contribution < 1.29 is 4.79 Å². The second-order valence-corrected chi connectivity index (χ2v) is 9.77. The number of rotatable bonds is 3. The van der Waals surface area contributed by atoms with Crippen LogP contribution in [0.25, 0.3) is 0 Å². The minimum Gasteiger partial charge on any atom is -0.377 e. The standard InChI is InChI=1S/C26H32N2O/c1-16(2)17-12-14-18(15-13-17)23-20-9-6-8-19(20)21-10-7-11-22(24(21)27-23)25(29)28-26(3,4)5/h6-8,10-16,19-20,23,27H,9H2,1-5H3,(H,28,29). The summed E-state index contributed by atoms with van der Waals surface area (Å²) in [6.45, 7) is 10.5. The first-order valence-electron chi connectivity index (χ1n) is 10.7. The van der Waals surface area contributed by atoms with E-state index in [1.165, 1.54) is 16.7 Å². The molecule has 0 saturated heterocycles. The summed E-state index contributed by atoms with van der Waals surface area (Å²) in [5, 5.41) is 6.89. The summed E-state index contributed by atoms with van der Waals surface area (Å²) in [5.74, 6) is 1.34. The lowest BCUT2D eigenvalue weighted by Gasteiger charge is -2.38. The van der Waals surface area contributed by atoms with Gasteiger partial charge in [0.2, 0.25) is 0 Å². The van der Waals surface area contributed by atoms with Crippen molar-refractivity contribution in [2.45, 2.75) is 64.5 Å². The molecule has 3 unspecified atom stereocenters. The quantitative estimate of drug-likeness (QED) is 0.618. The maximum atomic E-state index is 13.0. The molecule has 152 valence electrons. The maximum absolute atomic E-state index is 13.0. The van der Waals surface area contributed by atoms with Gasteiger partial charge in [-0.15, -0.1) is 0 Å². The van der Waals surface area contributed by atoms with Gasteiger partial charge in [-0.2, -0.15) is 0 Å². The minimum absolute atomic E-state index is 0.0174. The van der Waals surface area contributed by atoms with Crippen LogP contribution in [0.2, 0.25) is 0 Å². The van der Waals surface area contributed by atoms with Crippen LogP contribution < -0.4 is 10.6 Å². The second kappa shape index (κ2) is 7.37. The van der Waals surface area contributed by atoms with Crippen molar-refractivity contribution in [2.75, 3.05) is 5.32 Å². The van der Waals surface area contributed by atoms with Crippen LogP contribution in [0.5, 0.6) is 0 Å². The SMILES string of the molecule is CC(C)c1ccc(C2Nc3c(C(=O)NC(C)(C)C)cccc3C3C=CCC32)cc1. The Balaban J connectivity index is 1.73. The molecule has 0 radical (unpaired) electrons. The van der Waals surface area contributed by atoms with Crippen LogP contribution in [0.4, 0.5) is 5.69 Å². The molecule has 0 spiro atoms. The van der Waals surface area contributed by atoms with Crippen molar-refractivity contribution in [2.24, 2.45) is 5.92 Å². The van der Waals surface area contributed by atoms with E-state index in [1.54, 1.807) is 0 Å². The molecule has 3 atom stereocenters. The van der Waals surface area contributed by atoms with Gasteiger partial charge >= 0.3 is 0 Å². The molecule has 2 aliphatic rings. The number of carbonyl (C=O) groups is 1. The summed E-state index contributed by atoms with van der Waals surface area (Å²) in [5.41, 5.74) is 5.34. The summed E-state index contributed by atoms with van der Waals surface area (Å²) >= 11 is 0. The normalized spacial score (nSPS) is 22.8. The molecular formula is C26H32N2O. The number of para-hydroxylation sites is 1. The smallest absolute Gasteiger partial charge is 0.253 e. The van der Waals surface area contributed by atoms with Crippen molar-refractivity contribution >= 4 is 11.6 Å². The van der Waals surface area contributed by atoms with Gasteiger partial charge < -0.3 is 10.6 Å². The highest BCUT2D eigenvalue weighted by atomic mass is 16.1. The Morgan fingerprint density at radius 1 is 1.10 bits per heavy atom. The number of hydrogen-bond acceptors (Lipinski definition) is 2. The molecule has 1 amide bonds. The number of nitrogens with one attached hydrogen (secondary N) is 2. The molecule has 3 nitrogen and oxygen atoms in total. The average Bonchev–Trinajstić information content (AvgIpc) is 3.15. The molecule has 0 saturated carbocycles. The first-order valence-corrected chi connectivity index (χ1v) is 10.7.